The lowest BCUT2D eigenvalue weighted by atomic mass is 9.96. The maximum atomic E-state index is 12.5. The van der Waals surface area contributed by atoms with E-state index in [1.54, 1.807) is 0 Å². The zero-order chi connectivity index (χ0) is 16.9. The molecule has 0 atom stereocenters. The number of aryl methyl sites for hydroxylation is 1. The van der Waals surface area contributed by atoms with Crippen LogP contribution in [0, 0.1) is 0 Å². The van der Waals surface area contributed by atoms with Crippen LogP contribution in [0.3, 0.4) is 0 Å². The van der Waals surface area contributed by atoms with E-state index in [1.165, 1.54) is 5.56 Å². The summed E-state index contributed by atoms with van der Waals surface area (Å²) in [5.41, 5.74) is 4.80. The summed E-state index contributed by atoms with van der Waals surface area (Å²) < 4.78 is 5.27. The molecule has 124 valence electrons. The predicted molar refractivity (Wildman–Crippen MR) is 98.3 cm³/mol. The number of aromatic nitrogens is 1. The van der Waals surface area contributed by atoms with E-state index in [0.29, 0.717) is 12.3 Å². The minimum absolute atomic E-state index is 0.297. The van der Waals surface area contributed by atoms with Gasteiger partial charge in [0, 0.05) is 16.5 Å². The first-order chi connectivity index (χ1) is 11.8. The number of hydrogen-bond acceptors (Lipinski definition) is 2. The summed E-state index contributed by atoms with van der Waals surface area (Å²) in [6.07, 6.45) is 3.28. The Hall–Kier alpha value is -2.55. The van der Waals surface area contributed by atoms with Gasteiger partial charge in [-0.3, -0.25) is 0 Å². The van der Waals surface area contributed by atoms with E-state index in [4.69, 9.17) is 4.74 Å². The fourth-order valence-corrected chi connectivity index (χ4v) is 3.15. The first kappa shape index (κ1) is 16.3. The monoisotopic (exact) mass is 321 g/mol. The van der Waals surface area contributed by atoms with Crippen molar-refractivity contribution in [1.29, 1.82) is 0 Å². The molecule has 0 saturated carbocycles. The van der Waals surface area contributed by atoms with Crippen molar-refractivity contribution in [3.05, 3.63) is 59.8 Å². The van der Waals surface area contributed by atoms with Crippen LogP contribution in [-0.4, -0.2) is 17.6 Å². The van der Waals surface area contributed by atoms with Crippen LogP contribution in [0.2, 0.25) is 0 Å². The molecular formula is C21H23NO2. The highest BCUT2D eigenvalue weighted by Gasteiger charge is 2.21. The van der Waals surface area contributed by atoms with Gasteiger partial charge in [-0.1, -0.05) is 55.8 Å². The number of benzene rings is 2. The van der Waals surface area contributed by atoms with Gasteiger partial charge in [0.25, 0.3) is 0 Å². The van der Waals surface area contributed by atoms with E-state index in [9.17, 15) is 4.79 Å². The summed E-state index contributed by atoms with van der Waals surface area (Å²) in [6.45, 7) is 4.39. The van der Waals surface area contributed by atoms with Crippen molar-refractivity contribution in [2.45, 2.75) is 33.1 Å². The van der Waals surface area contributed by atoms with E-state index in [0.717, 1.165) is 41.3 Å². The van der Waals surface area contributed by atoms with Crippen LogP contribution in [-0.2, 0) is 11.2 Å². The van der Waals surface area contributed by atoms with Crippen molar-refractivity contribution in [1.82, 2.24) is 4.98 Å². The summed E-state index contributed by atoms with van der Waals surface area (Å²) in [5.74, 6) is -0.297. The van der Waals surface area contributed by atoms with Gasteiger partial charge >= 0.3 is 5.97 Å². The molecule has 1 N–H and O–H groups in total. The fourth-order valence-electron chi connectivity index (χ4n) is 3.15. The van der Waals surface area contributed by atoms with Gasteiger partial charge in [0.1, 0.15) is 5.69 Å². The molecule has 0 bridgehead atoms. The average molecular weight is 321 g/mol. The Balaban J connectivity index is 2.25. The quantitative estimate of drug-likeness (QED) is 0.621. The molecule has 3 rings (SSSR count). The number of rotatable bonds is 6. The molecule has 1 aromatic heterocycles. The van der Waals surface area contributed by atoms with E-state index in [-0.39, 0.29) is 5.97 Å². The molecule has 3 heteroatoms. The van der Waals surface area contributed by atoms with Gasteiger partial charge in [-0.2, -0.15) is 0 Å². The second-order valence-corrected chi connectivity index (χ2v) is 5.90. The second kappa shape index (κ2) is 7.35. The van der Waals surface area contributed by atoms with Gasteiger partial charge in [-0.15, -0.1) is 0 Å². The molecule has 3 nitrogen and oxygen atoms in total. The van der Waals surface area contributed by atoms with Crippen molar-refractivity contribution in [2.75, 3.05) is 6.61 Å². The molecule has 0 radical (unpaired) electrons. The molecule has 0 fully saturated rings. The highest BCUT2D eigenvalue weighted by molar-refractivity contribution is 6.09. The van der Waals surface area contributed by atoms with Crippen molar-refractivity contribution >= 4 is 16.9 Å². The normalized spacial score (nSPS) is 10.9. The molecule has 0 spiro atoms. The van der Waals surface area contributed by atoms with Crippen molar-refractivity contribution in [3.63, 3.8) is 0 Å². The van der Waals surface area contributed by atoms with E-state index >= 15 is 0 Å². The molecule has 0 unspecified atom stereocenters. The largest absolute Gasteiger partial charge is 0.461 e. The van der Waals surface area contributed by atoms with Crippen LogP contribution in [0.4, 0.5) is 0 Å². The number of unbranched alkanes of at least 4 members (excludes halogenated alkanes) is 1. The van der Waals surface area contributed by atoms with Gasteiger partial charge in [0.2, 0.25) is 0 Å². The summed E-state index contributed by atoms with van der Waals surface area (Å²) in [7, 11) is 0. The van der Waals surface area contributed by atoms with E-state index < -0.39 is 0 Å². The number of hydrogen-bond donors (Lipinski definition) is 1. The summed E-state index contributed by atoms with van der Waals surface area (Å²) >= 11 is 0. The molecule has 0 saturated heterocycles. The number of fused-ring (bicyclic) bond motifs is 1. The second-order valence-electron chi connectivity index (χ2n) is 5.90. The molecule has 0 aliphatic heterocycles. The van der Waals surface area contributed by atoms with E-state index in [2.05, 4.69) is 18.0 Å². The van der Waals surface area contributed by atoms with Gasteiger partial charge in [0.15, 0.2) is 0 Å². The standard InChI is InChI=1S/C21H23NO2/c1-3-5-10-15-13-9-14-17-18(15)19(16-11-7-6-8-12-16)20(22-17)21(23)24-4-2/h6-9,11-14,22H,3-5,10H2,1-2H3. The lowest BCUT2D eigenvalue weighted by Gasteiger charge is -2.08. The predicted octanol–water partition coefficient (Wildman–Crippen LogP) is 5.35. The zero-order valence-electron chi connectivity index (χ0n) is 14.3. The summed E-state index contributed by atoms with van der Waals surface area (Å²) in [4.78, 5) is 15.8. The highest BCUT2D eigenvalue weighted by Crippen LogP contribution is 2.35. The molecule has 2 aromatic carbocycles. The first-order valence-corrected chi connectivity index (χ1v) is 8.62. The summed E-state index contributed by atoms with van der Waals surface area (Å²) in [5, 5.41) is 1.14. The zero-order valence-corrected chi connectivity index (χ0v) is 14.3. The average Bonchev–Trinajstić information content (AvgIpc) is 3.01. The Morgan fingerprint density at radius 1 is 1.04 bits per heavy atom. The van der Waals surface area contributed by atoms with Crippen molar-refractivity contribution in [3.8, 4) is 11.1 Å². The van der Waals surface area contributed by atoms with Gasteiger partial charge in [-0.05, 0) is 37.0 Å². The van der Waals surface area contributed by atoms with Crippen molar-refractivity contribution < 1.29 is 9.53 Å². The number of esters is 1. The Morgan fingerprint density at radius 2 is 1.83 bits per heavy atom. The number of carbonyl (C=O) groups is 1. The van der Waals surface area contributed by atoms with Crippen molar-refractivity contribution in [2.24, 2.45) is 0 Å². The van der Waals surface area contributed by atoms with Crippen LogP contribution >= 0.6 is 0 Å². The maximum Gasteiger partial charge on any atom is 0.355 e. The van der Waals surface area contributed by atoms with Crippen LogP contribution in [0.1, 0.15) is 42.7 Å². The maximum absolute atomic E-state index is 12.5. The highest BCUT2D eigenvalue weighted by atomic mass is 16.5. The minimum atomic E-state index is -0.297. The third-order valence-electron chi connectivity index (χ3n) is 4.25. The first-order valence-electron chi connectivity index (χ1n) is 8.62. The lowest BCUT2D eigenvalue weighted by molar-refractivity contribution is 0.0521. The topological polar surface area (TPSA) is 42.1 Å². The summed E-state index contributed by atoms with van der Waals surface area (Å²) in [6, 6.07) is 16.3. The molecule has 1 heterocycles. The Kier molecular flexibility index (Phi) is 4.99. The number of carbonyl (C=O) groups excluding carboxylic acids is 1. The minimum Gasteiger partial charge on any atom is -0.461 e. The number of ether oxygens (including phenoxy) is 1. The molecule has 0 aliphatic carbocycles. The Labute approximate surface area is 142 Å². The third-order valence-corrected chi connectivity index (χ3v) is 4.25. The Morgan fingerprint density at radius 3 is 2.54 bits per heavy atom. The molecule has 24 heavy (non-hydrogen) atoms. The van der Waals surface area contributed by atoms with Gasteiger partial charge < -0.3 is 9.72 Å². The van der Waals surface area contributed by atoms with Crippen LogP contribution in [0.15, 0.2) is 48.5 Å². The number of aromatic amines is 1. The fraction of sp³-hybridized carbons (Fsp3) is 0.286. The number of H-pyrrole nitrogens is 1. The lowest BCUT2D eigenvalue weighted by Crippen LogP contribution is -2.06. The Bertz CT molecular complexity index is 834. The van der Waals surface area contributed by atoms with E-state index in [1.807, 2.05) is 49.4 Å². The molecular weight excluding hydrogens is 298 g/mol. The van der Waals surface area contributed by atoms with Gasteiger partial charge in [-0.25, -0.2) is 4.79 Å². The molecule has 3 aromatic rings. The van der Waals surface area contributed by atoms with Crippen LogP contribution < -0.4 is 0 Å². The van der Waals surface area contributed by atoms with Gasteiger partial charge in [0.05, 0.1) is 6.61 Å². The molecule has 0 amide bonds. The SMILES string of the molecule is CCCCc1cccc2[nH]c(C(=O)OCC)c(-c3ccccc3)c12. The van der Waals surface area contributed by atoms with Crippen LogP contribution in [0.5, 0.6) is 0 Å². The third kappa shape index (κ3) is 3.07. The van der Waals surface area contributed by atoms with Crippen LogP contribution in [0.25, 0.3) is 22.0 Å². The molecule has 0 aliphatic rings. The number of nitrogens with one attached hydrogen (secondary N) is 1. The smallest absolute Gasteiger partial charge is 0.355 e.